The highest BCUT2D eigenvalue weighted by atomic mass is 32.2. The van der Waals surface area contributed by atoms with Crippen LogP contribution in [-0.4, -0.2) is 47.0 Å². The van der Waals surface area contributed by atoms with Crippen molar-refractivity contribution in [1.29, 1.82) is 0 Å². The van der Waals surface area contributed by atoms with Gasteiger partial charge in [-0.1, -0.05) is 48.0 Å². The van der Waals surface area contributed by atoms with Crippen molar-refractivity contribution in [2.75, 3.05) is 36.4 Å². The fourth-order valence-electron chi connectivity index (χ4n) is 3.58. The number of methoxy groups -OCH3 is 1. The van der Waals surface area contributed by atoms with Crippen LogP contribution in [0.25, 0.3) is 0 Å². The Labute approximate surface area is 206 Å². The summed E-state index contributed by atoms with van der Waals surface area (Å²) in [6.45, 7) is 3.90. The molecule has 0 fully saturated rings. The van der Waals surface area contributed by atoms with Gasteiger partial charge in [0, 0.05) is 13.7 Å². The van der Waals surface area contributed by atoms with Crippen LogP contribution >= 0.6 is 0 Å². The van der Waals surface area contributed by atoms with Gasteiger partial charge in [0.15, 0.2) is 0 Å². The Bertz CT molecular complexity index is 1290. The van der Waals surface area contributed by atoms with E-state index in [0.717, 1.165) is 15.4 Å². The van der Waals surface area contributed by atoms with Crippen LogP contribution in [-0.2, 0) is 19.6 Å². The van der Waals surface area contributed by atoms with Gasteiger partial charge in [-0.3, -0.25) is 13.9 Å². The molecule has 2 amide bonds. The van der Waals surface area contributed by atoms with E-state index in [1.54, 1.807) is 61.5 Å². The molecule has 3 rings (SSSR count). The third-order valence-electron chi connectivity index (χ3n) is 5.28. The van der Waals surface area contributed by atoms with Crippen molar-refractivity contribution < 1.29 is 22.7 Å². The fraction of sp³-hybridized carbons (Fsp3) is 0.231. The van der Waals surface area contributed by atoms with E-state index in [9.17, 15) is 18.0 Å². The first-order chi connectivity index (χ1) is 16.7. The first kappa shape index (κ1) is 25.9. The van der Waals surface area contributed by atoms with E-state index in [4.69, 9.17) is 4.74 Å². The van der Waals surface area contributed by atoms with Crippen molar-refractivity contribution in [2.24, 2.45) is 0 Å². The van der Waals surface area contributed by atoms with E-state index in [0.29, 0.717) is 18.8 Å². The molecule has 0 heterocycles. The zero-order valence-electron chi connectivity index (χ0n) is 19.9. The number of benzene rings is 3. The lowest BCUT2D eigenvalue weighted by atomic mass is 10.1. The van der Waals surface area contributed by atoms with Gasteiger partial charge in [0.2, 0.25) is 5.91 Å². The Hall–Kier alpha value is -3.69. The molecular formula is C26H29N3O5S. The molecule has 35 heavy (non-hydrogen) atoms. The summed E-state index contributed by atoms with van der Waals surface area (Å²) in [6.07, 6.45) is 0. The summed E-state index contributed by atoms with van der Waals surface area (Å²) < 4.78 is 33.1. The minimum atomic E-state index is -4.04. The molecule has 2 N–H and O–H groups in total. The topological polar surface area (TPSA) is 105 Å². The zero-order valence-corrected chi connectivity index (χ0v) is 20.8. The number of hydrogen-bond acceptors (Lipinski definition) is 5. The van der Waals surface area contributed by atoms with E-state index in [-0.39, 0.29) is 22.1 Å². The molecule has 9 heteroatoms. The number of para-hydroxylation sites is 1. The molecule has 0 aliphatic carbocycles. The van der Waals surface area contributed by atoms with Crippen LogP contribution in [0, 0.1) is 13.8 Å². The minimum Gasteiger partial charge on any atom is -0.383 e. The summed E-state index contributed by atoms with van der Waals surface area (Å²) in [5.41, 5.74) is 2.64. The molecule has 0 aromatic heterocycles. The second-order valence-corrected chi connectivity index (χ2v) is 9.82. The van der Waals surface area contributed by atoms with Crippen LogP contribution in [0.4, 0.5) is 11.4 Å². The maximum Gasteiger partial charge on any atom is 0.264 e. The molecule has 0 spiro atoms. The van der Waals surface area contributed by atoms with E-state index in [1.807, 2.05) is 13.0 Å². The lowest BCUT2D eigenvalue weighted by molar-refractivity contribution is -0.114. The number of carbonyl (C=O) groups excluding carboxylic acids is 2. The monoisotopic (exact) mass is 495 g/mol. The highest BCUT2D eigenvalue weighted by molar-refractivity contribution is 7.92. The van der Waals surface area contributed by atoms with Gasteiger partial charge in [0.25, 0.3) is 15.9 Å². The molecule has 0 unspecified atom stereocenters. The predicted octanol–water partition coefficient (Wildman–Crippen LogP) is 3.51. The molecule has 0 saturated carbocycles. The molecule has 0 radical (unpaired) electrons. The number of hydrogen-bond donors (Lipinski definition) is 2. The molecule has 3 aromatic rings. The maximum atomic E-state index is 13.5. The summed E-state index contributed by atoms with van der Waals surface area (Å²) in [7, 11) is -2.51. The van der Waals surface area contributed by atoms with Crippen molar-refractivity contribution in [3.63, 3.8) is 0 Å². The second-order valence-electron chi connectivity index (χ2n) is 7.96. The van der Waals surface area contributed by atoms with Gasteiger partial charge >= 0.3 is 0 Å². The van der Waals surface area contributed by atoms with Crippen LogP contribution in [0.1, 0.15) is 21.5 Å². The molecule has 0 aliphatic rings. The Morgan fingerprint density at radius 3 is 2.31 bits per heavy atom. The van der Waals surface area contributed by atoms with Gasteiger partial charge < -0.3 is 15.4 Å². The standard InChI is InChI=1S/C26H29N3O5S/c1-19-13-14-24(20(2)17-19)29(35(32,33)21-9-5-4-6-10-21)18-25(30)28-23-12-8-7-11-22(23)26(31)27-15-16-34-3/h4-14,17H,15-16,18H2,1-3H3,(H,27,31)(H,28,30). The summed E-state index contributed by atoms with van der Waals surface area (Å²) in [5, 5.41) is 5.42. The quantitative estimate of drug-likeness (QED) is 0.419. The Kier molecular flexibility index (Phi) is 8.62. The summed E-state index contributed by atoms with van der Waals surface area (Å²) in [6, 6.07) is 19.9. The van der Waals surface area contributed by atoms with Crippen LogP contribution < -0.4 is 14.9 Å². The van der Waals surface area contributed by atoms with Crippen LogP contribution in [0.3, 0.4) is 0 Å². The van der Waals surface area contributed by atoms with Crippen molar-refractivity contribution in [2.45, 2.75) is 18.7 Å². The van der Waals surface area contributed by atoms with Crippen molar-refractivity contribution in [3.8, 4) is 0 Å². The summed E-state index contributed by atoms with van der Waals surface area (Å²) in [5.74, 6) is -0.956. The summed E-state index contributed by atoms with van der Waals surface area (Å²) in [4.78, 5) is 25.8. The highest BCUT2D eigenvalue weighted by Gasteiger charge is 2.28. The molecule has 0 saturated heterocycles. The largest absolute Gasteiger partial charge is 0.383 e. The number of rotatable bonds is 10. The zero-order chi connectivity index (χ0) is 25.4. The van der Waals surface area contributed by atoms with E-state index < -0.39 is 22.5 Å². The number of amides is 2. The average Bonchev–Trinajstić information content (AvgIpc) is 2.84. The number of carbonyl (C=O) groups is 2. The number of ether oxygens (including phenoxy) is 1. The summed E-state index contributed by atoms with van der Waals surface area (Å²) >= 11 is 0. The normalized spacial score (nSPS) is 11.1. The smallest absolute Gasteiger partial charge is 0.264 e. The molecule has 0 bridgehead atoms. The second kappa shape index (κ2) is 11.6. The molecular weight excluding hydrogens is 466 g/mol. The van der Waals surface area contributed by atoms with Crippen molar-refractivity contribution in [3.05, 3.63) is 89.5 Å². The van der Waals surface area contributed by atoms with Crippen molar-refractivity contribution >= 4 is 33.2 Å². The first-order valence-electron chi connectivity index (χ1n) is 11.0. The average molecular weight is 496 g/mol. The van der Waals surface area contributed by atoms with E-state index in [1.165, 1.54) is 19.2 Å². The molecule has 0 aliphatic heterocycles. The van der Waals surface area contributed by atoms with Crippen LogP contribution in [0.5, 0.6) is 0 Å². The van der Waals surface area contributed by atoms with Gasteiger partial charge in [-0.05, 0) is 49.7 Å². The highest BCUT2D eigenvalue weighted by Crippen LogP contribution is 2.28. The lowest BCUT2D eigenvalue weighted by Crippen LogP contribution is -2.39. The molecule has 3 aromatic carbocycles. The van der Waals surface area contributed by atoms with Crippen LogP contribution in [0.2, 0.25) is 0 Å². The number of aryl methyl sites for hydroxylation is 2. The predicted molar refractivity (Wildman–Crippen MR) is 136 cm³/mol. The fourth-order valence-corrected chi connectivity index (χ4v) is 5.08. The number of sulfonamides is 1. The van der Waals surface area contributed by atoms with Gasteiger partial charge in [0.1, 0.15) is 6.54 Å². The minimum absolute atomic E-state index is 0.0747. The Morgan fingerprint density at radius 1 is 0.943 bits per heavy atom. The lowest BCUT2D eigenvalue weighted by Gasteiger charge is -2.26. The van der Waals surface area contributed by atoms with Gasteiger partial charge in [-0.2, -0.15) is 0 Å². The van der Waals surface area contributed by atoms with Crippen LogP contribution in [0.15, 0.2) is 77.7 Å². The first-order valence-corrected chi connectivity index (χ1v) is 12.5. The SMILES string of the molecule is COCCNC(=O)c1ccccc1NC(=O)CN(c1ccc(C)cc1C)S(=O)(=O)c1ccccc1. The van der Waals surface area contributed by atoms with Crippen molar-refractivity contribution in [1.82, 2.24) is 5.32 Å². The van der Waals surface area contributed by atoms with E-state index >= 15 is 0 Å². The van der Waals surface area contributed by atoms with Gasteiger partial charge in [0.05, 0.1) is 28.4 Å². The van der Waals surface area contributed by atoms with Gasteiger partial charge in [-0.15, -0.1) is 0 Å². The van der Waals surface area contributed by atoms with Gasteiger partial charge in [-0.25, -0.2) is 8.42 Å². The number of nitrogens with zero attached hydrogens (tertiary/aromatic N) is 1. The third-order valence-corrected chi connectivity index (χ3v) is 7.05. The molecule has 184 valence electrons. The number of nitrogens with one attached hydrogen (secondary N) is 2. The molecule has 8 nitrogen and oxygen atoms in total. The third kappa shape index (κ3) is 6.46. The number of anilines is 2. The maximum absolute atomic E-state index is 13.5. The van der Waals surface area contributed by atoms with E-state index in [2.05, 4.69) is 10.6 Å². The Morgan fingerprint density at radius 2 is 1.63 bits per heavy atom. The molecule has 0 atom stereocenters. The Balaban J connectivity index is 1.91.